The van der Waals surface area contributed by atoms with Crippen LogP contribution in [0.25, 0.3) is 0 Å². The fraction of sp³-hybridized carbons (Fsp3) is 0.895. The van der Waals surface area contributed by atoms with Crippen LogP contribution in [0.15, 0.2) is 0 Å². The molecule has 0 aromatic rings. The Bertz CT molecular complexity index is 320. The third-order valence-electron chi connectivity index (χ3n) is 4.28. The first-order valence-corrected chi connectivity index (χ1v) is 10.8. The summed E-state index contributed by atoms with van der Waals surface area (Å²) in [5, 5.41) is 17.8. The molecule has 0 saturated carbocycles. The van der Waals surface area contributed by atoms with Crippen LogP contribution in [0.1, 0.15) is 90.4 Å². The van der Waals surface area contributed by atoms with Crippen molar-refractivity contribution < 1.29 is 19.8 Å². The zero-order valence-electron chi connectivity index (χ0n) is 15.3. The third kappa shape index (κ3) is 16.2. The molecule has 0 aromatic heterocycles. The Labute approximate surface area is 151 Å². The fourth-order valence-electron chi connectivity index (χ4n) is 2.72. The predicted octanol–water partition coefficient (Wildman–Crippen LogP) is 5.60. The molecular formula is C19H36O4S. The summed E-state index contributed by atoms with van der Waals surface area (Å²) in [6.07, 6.45) is 14.8. The highest BCUT2D eigenvalue weighted by Gasteiger charge is 2.16. The molecule has 2 N–H and O–H groups in total. The van der Waals surface area contributed by atoms with Crippen LogP contribution in [-0.2, 0) is 9.59 Å². The molecule has 1 atom stereocenters. The molecule has 0 radical (unpaired) electrons. The van der Waals surface area contributed by atoms with E-state index in [1.165, 1.54) is 69.5 Å². The van der Waals surface area contributed by atoms with E-state index in [0.717, 1.165) is 12.8 Å². The van der Waals surface area contributed by atoms with Crippen molar-refractivity contribution in [2.75, 3.05) is 11.5 Å². The number of hydrogen-bond donors (Lipinski definition) is 2. The minimum absolute atomic E-state index is 0.107. The van der Waals surface area contributed by atoms with Gasteiger partial charge in [-0.2, -0.15) is 11.8 Å². The molecule has 0 amide bonds. The number of carboxylic acids is 2. The first-order chi connectivity index (χ1) is 11.6. The summed E-state index contributed by atoms with van der Waals surface area (Å²) >= 11 is 1.44. The second kappa shape index (κ2) is 17.1. The molecule has 0 heterocycles. The third-order valence-corrected chi connectivity index (χ3v) is 5.42. The lowest BCUT2D eigenvalue weighted by Crippen LogP contribution is -2.16. The van der Waals surface area contributed by atoms with Gasteiger partial charge in [0, 0.05) is 11.5 Å². The monoisotopic (exact) mass is 360 g/mol. The van der Waals surface area contributed by atoms with Gasteiger partial charge in [0.25, 0.3) is 0 Å². The SMILES string of the molecule is CCCCCCCCCCCCCC(CSCCC(=O)O)C(=O)O. The lowest BCUT2D eigenvalue weighted by Gasteiger charge is -2.11. The number of carboxylic acid groups (broad SMARTS) is 2. The molecule has 1 unspecified atom stereocenters. The highest BCUT2D eigenvalue weighted by atomic mass is 32.2. The second-order valence-electron chi connectivity index (χ2n) is 6.58. The number of rotatable bonds is 18. The van der Waals surface area contributed by atoms with Crippen molar-refractivity contribution in [2.24, 2.45) is 5.92 Å². The molecule has 142 valence electrons. The Hall–Kier alpha value is -0.710. The summed E-state index contributed by atoms with van der Waals surface area (Å²) in [6.45, 7) is 2.24. The zero-order chi connectivity index (χ0) is 18.0. The lowest BCUT2D eigenvalue weighted by molar-refractivity contribution is -0.141. The van der Waals surface area contributed by atoms with Crippen LogP contribution in [0.2, 0.25) is 0 Å². The highest BCUT2D eigenvalue weighted by Crippen LogP contribution is 2.18. The van der Waals surface area contributed by atoms with Crippen molar-refractivity contribution in [1.29, 1.82) is 0 Å². The molecule has 0 spiro atoms. The van der Waals surface area contributed by atoms with E-state index in [-0.39, 0.29) is 12.3 Å². The molecule has 0 rings (SSSR count). The van der Waals surface area contributed by atoms with Crippen molar-refractivity contribution in [1.82, 2.24) is 0 Å². The van der Waals surface area contributed by atoms with Crippen molar-refractivity contribution in [2.45, 2.75) is 90.4 Å². The van der Waals surface area contributed by atoms with Crippen molar-refractivity contribution in [3.8, 4) is 0 Å². The molecule has 24 heavy (non-hydrogen) atoms. The van der Waals surface area contributed by atoms with E-state index in [0.29, 0.717) is 17.9 Å². The van der Waals surface area contributed by atoms with E-state index < -0.39 is 11.9 Å². The number of hydrogen-bond acceptors (Lipinski definition) is 3. The Kier molecular flexibility index (Phi) is 16.6. The van der Waals surface area contributed by atoms with Crippen molar-refractivity contribution in [3.63, 3.8) is 0 Å². The standard InChI is InChI=1S/C19H36O4S/c1-2-3-4-5-6-7-8-9-10-11-12-13-17(19(22)23)16-24-15-14-18(20)21/h17H,2-16H2,1H3,(H,20,21)(H,22,23). The maximum absolute atomic E-state index is 11.2. The highest BCUT2D eigenvalue weighted by molar-refractivity contribution is 7.99. The molecular weight excluding hydrogens is 324 g/mol. The zero-order valence-corrected chi connectivity index (χ0v) is 16.1. The molecule has 5 heteroatoms. The molecule has 0 aromatic carbocycles. The van der Waals surface area contributed by atoms with Gasteiger partial charge in [-0.25, -0.2) is 0 Å². The molecule has 0 aliphatic rings. The number of unbranched alkanes of at least 4 members (excludes halogenated alkanes) is 10. The number of carbonyl (C=O) groups is 2. The summed E-state index contributed by atoms with van der Waals surface area (Å²) < 4.78 is 0. The first-order valence-electron chi connectivity index (χ1n) is 9.60. The topological polar surface area (TPSA) is 74.6 Å². The smallest absolute Gasteiger partial charge is 0.307 e. The van der Waals surface area contributed by atoms with E-state index in [1.807, 2.05) is 0 Å². The molecule has 0 aliphatic carbocycles. The molecule has 4 nitrogen and oxygen atoms in total. The average molecular weight is 361 g/mol. The minimum Gasteiger partial charge on any atom is -0.481 e. The Morgan fingerprint density at radius 3 is 1.79 bits per heavy atom. The predicted molar refractivity (Wildman–Crippen MR) is 102 cm³/mol. The second-order valence-corrected chi connectivity index (χ2v) is 7.73. The molecule has 0 bridgehead atoms. The summed E-state index contributed by atoms with van der Waals surface area (Å²) in [7, 11) is 0. The van der Waals surface area contributed by atoms with Crippen LogP contribution in [0.3, 0.4) is 0 Å². The van der Waals surface area contributed by atoms with E-state index in [1.54, 1.807) is 0 Å². The Morgan fingerprint density at radius 1 is 0.833 bits per heavy atom. The van der Waals surface area contributed by atoms with Crippen LogP contribution in [0.5, 0.6) is 0 Å². The summed E-state index contributed by atoms with van der Waals surface area (Å²) in [6, 6.07) is 0. The van der Waals surface area contributed by atoms with Gasteiger partial charge in [-0.05, 0) is 6.42 Å². The van der Waals surface area contributed by atoms with Gasteiger partial charge < -0.3 is 10.2 Å². The quantitative estimate of drug-likeness (QED) is 0.311. The summed E-state index contributed by atoms with van der Waals surface area (Å²) in [4.78, 5) is 21.6. The maximum atomic E-state index is 11.2. The normalized spacial score (nSPS) is 12.2. The van der Waals surface area contributed by atoms with Crippen molar-refractivity contribution >= 4 is 23.7 Å². The summed E-state index contributed by atoms with van der Waals surface area (Å²) in [5.74, 6) is -0.871. The van der Waals surface area contributed by atoms with Gasteiger partial charge >= 0.3 is 11.9 Å². The van der Waals surface area contributed by atoms with Gasteiger partial charge in [0.15, 0.2) is 0 Å². The van der Waals surface area contributed by atoms with Gasteiger partial charge in [0.2, 0.25) is 0 Å². The van der Waals surface area contributed by atoms with Gasteiger partial charge in [-0.15, -0.1) is 0 Å². The van der Waals surface area contributed by atoms with Crippen LogP contribution in [-0.4, -0.2) is 33.7 Å². The summed E-state index contributed by atoms with van der Waals surface area (Å²) in [5.41, 5.74) is 0. The van der Waals surface area contributed by atoms with E-state index >= 15 is 0 Å². The first kappa shape index (κ1) is 23.3. The molecule has 0 saturated heterocycles. The van der Waals surface area contributed by atoms with Crippen molar-refractivity contribution in [3.05, 3.63) is 0 Å². The van der Waals surface area contributed by atoms with Gasteiger partial charge in [-0.1, -0.05) is 77.6 Å². The Morgan fingerprint density at radius 2 is 1.33 bits per heavy atom. The van der Waals surface area contributed by atoms with Gasteiger partial charge in [0.05, 0.1) is 12.3 Å². The van der Waals surface area contributed by atoms with E-state index in [9.17, 15) is 14.7 Å². The van der Waals surface area contributed by atoms with E-state index in [2.05, 4.69) is 6.92 Å². The minimum atomic E-state index is -0.820. The van der Waals surface area contributed by atoms with Crippen LogP contribution in [0, 0.1) is 5.92 Å². The maximum Gasteiger partial charge on any atom is 0.307 e. The van der Waals surface area contributed by atoms with Crippen LogP contribution >= 0.6 is 11.8 Å². The Balaban J connectivity index is 3.47. The number of aliphatic carboxylic acids is 2. The van der Waals surface area contributed by atoms with Gasteiger partial charge in [0.1, 0.15) is 0 Å². The molecule has 0 aliphatic heterocycles. The van der Waals surface area contributed by atoms with Crippen LogP contribution < -0.4 is 0 Å². The fourth-order valence-corrected chi connectivity index (χ4v) is 3.80. The average Bonchev–Trinajstić information content (AvgIpc) is 2.53. The number of thioether (sulfide) groups is 1. The van der Waals surface area contributed by atoms with E-state index in [4.69, 9.17) is 5.11 Å². The largest absolute Gasteiger partial charge is 0.481 e. The lowest BCUT2D eigenvalue weighted by atomic mass is 10.0. The van der Waals surface area contributed by atoms with Gasteiger partial charge in [-0.3, -0.25) is 9.59 Å². The van der Waals surface area contributed by atoms with Crippen LogP contribution in [0.4, 0.5) is 0 Å². The molecule has 0 fully saturated rings.